The normalized spacial score (nSPS) is 24.4. The van der Waals surface area contributed by atoms with Crippen LogP contribution in [0.4, 0.5) is 0 Å². The van der Waals surface area contributed by atoms with Crippen LogP contribution in [0.5, 0.6) is 5.75 Å². The number of piperidine rings is 1. The molecule has 0 aromatic heterocycles. The summed E-state index contributed by atoms with van der Waals surface area (Å²) in [5.74, 6) is 0.999. The number of fused-ring (bicyclic) bond motifs is 1. The summed E-state index contributed by atoms with van der Waals surface area (Å²) in [5, 5.41) is 0. The highest BCUT2D eigenvalue weighted by Gasteiger charge is 2.29. The molecule has 1 unspecified atom stereocenters. The van der Waals surface area contributed by atoms with Gasteiger partial charge in [0.15, 0.2) is 0 Å². The Balaban J connectivity index is 1.67. The van der Waals surface area contributed by atoms with Gasteiger partial charge in [-0.1, -0.05) is 22.4 Å². The Morgan fingerprint density at radius 1 is 1.25 bits per heavy atom. The number of halogens is 1. The minimum Gasteiger partial charge on any atom is -0.496 e. The number of hydrogen-bond acceptors (Lipinski definition) is 3. The maximum absolute atomic E-state index is 5.49. The van der Waals surface area contributed by atoms with Crippen LogP contribution in [0, 0.1) is 0 Å². The zero-order valence-electron chi connectivity index (χ0n) is 12.1. The maximum atomic E-state index is 5.49. The second kappa shape index (κ2) is 6.46. The molecule has 0 amide bonds. The highest BCUT2D eigenvalue weighted by atomic mass is 79.9. The van der Waals surface area contributed by atoms with E-state index in [1.165, 1.54) is 51.0 Å². The monoisotopic (exact) mass is 338 g/mol. The molecule has 3 rings (SSSR count). The number of piperazine rings is 1. The Bertz CT molecular complexity index is 466. The summed E-state index contributed by atoms with van der Waals surface area (Å²) >= 11 is 3.56. The molecule has 0 aliphatic carbocycles. The van der Waals surface area contributed by atoms with Gasteiger partial charge in [-0.25, -0.2) is 0 Å². The maximum Gasteiger partial charge on any atom is 0.123 e. The highest BCUT2D eigenvalue weighted by molar-refractivity contribution is 9.10. The lowest BCUT2D eigenvalue weighted by molar-refractivity contribution is 0.0453. The first-order valence-corrected chi connectivity index (χ1v) is 8.34. The topological polar surface area (TPSA) is 15.7 Å². The van der Waals surface area contributed by atoms with Crippen LogP contribution in [-0.4, -0.2) is 49.1 Å². The van der Waals surface area contributed by atoms with Crippen molar-refractivity contribution in [2.45, 2.75) is 31.8 Å². The van der Waals surface area contributed by atoms with E-state index in [4.69, 9.17) is 4.74 Å². The largest absolute Gasteiger partial charge is 0.496 e. The third-order valence-corrected chi connectivity index (χ3v) is 5.05. The quantitative estimate of drug-likeness (QED) is 0.842. The van der Waals surface area contributed by atoms with E-state index in [0.717, 1.165) is 22.8 Å². The molecule has 0 N–H and O–H groups in total. The Morgan fingerprint density at radius 2 is 2.15 bits per heavy atom. The smallest absolute Gasteiger partial charge is 0.123 e. The van der Waals surface area contributed by atoms with E-state index in [-0.39, 0.29) is 0 Å². The van der Waals surface area contributed by atoms with Gasteiger partial charge in [0.2, 0.25) is 0 Å². The van der Waals surface area contributed by atoms with E-state index in [1.807, 2.05) is 6.07 Å². The lowest BCUT2D eigenvalue weighted by atomic mass is 9.99. The van der Waals surface area contributed by atoms with Crippen molar-refractivity contribution in [3.63, 3.8) is 0 Å². The van der Waals surface area contributed by atoms with E-state index < -0.39 is 0 Å². The lowest BCUT2D eigenvalue weighted by Crippen LogP contribution is -2.54. The Hall–Kier alpha value is -0.580. The van der Waals surface area contributed by atoms with Gasteiger partial charge in [0, 0.05) is 42.3 Å². The first-order chi connectivity index (χ1) is 9.76. The third-order valence-electron chi connectivity index (χ3n) is 4.56. The van der Waals surface area contributed by atoms with Gasteiger partial charge in [0.1, 0.15) is 5.75 Å². The van der Waals surface area contributed by atoms with Crippen molar-refractivity contribution in [1.82, 2.24) is 9.80 Å². The van der Waals surface area contributed by atoms with Crippen LogP contribution in [0.15, 0.2) is 22.7 Å². The molecule has 1 aromatic carbocycles. The van der Waals surface area contributed by atoms with Gasteiger partial charge in [-0.05, 0) is 37.6 Å². The van der Waals surface area contributed by atoms with Crippen LogP contribution in [0.1, 0.15) is 24.8 Å². The van der Waals surface area contributed by atoms with Crippen molar-refractivity contribution in [2.75, 3.05) is 33.3 Å². The molecular weight excluding hydrogens is 316 g/mol. The van der Waals surface area contributed by atoms with Crippen molar-refractivity contribution in [1.29, 1.82) is 0 Å². The molecule has 1 atom stereocenters. The molecule has 2 fully saturated rings. The van der Waals surface area contributed by atoms with Crippen LogP contribution in [0.25, 0.3) is 0 Å². The fraction of sp³-hybridized carbons (Fsp3) is 0.625. The van der Waals surface area contributed by atoms with Crippen LogP contribution in [-0.2, 0) is 6.54 Å². The van der Waals surface area contributed by atoms with Crippen molar-refractivity contribution >= 4 is 15.9 Å². The predicted molar refractivity (Wildman–Crippen MR) is 85.2 cm³/mol. The molecular formula is C16H23BrN2O. The molecule has 2 aliphatic heterocycles. The van der Waals surface area contributed by atoms with E-state index in [2.05, 4.69) is 37.9 Å². The first-order valence-electron chi connectivity index (χ1n) is 7.55. The summed E-state index contributed by atoms with van der Waals surface area (Å²) in [6.07, 6.45) is 4.15. The lowest BCUT2D eigenvalue weighted by Gasteiger charge is -2.44. The summed E-state index contributed by atoms with van der Waals surface area (Å²) in [5.41, 5.74) is 1.28. The van der Waals surface area contributed by atoms with Crippen molar-refractivity contribution in [3.05, 3.63) is 28.2 Å². The summed E-state index contributed by atoms with van der Waals surface area (Å²) < 4.78 is 6.62. The van der Waals surface area contributed by atoms with Gasteiger partial charge in [-0.15, -0.1) is 0 Å². The summed E-state index contributed by atoms with van der Waals surface area (Å²) in [4.78, 5) is 5.26. The number of hydrogen-bond donors (Lipinski definition) is 0. The Labute approximate surface area is 130 Å². The molecule has 110 valence electrons. The fourth-order valence-corrected chi connectivity index (χ4v) is 3.88. The van der Waals surface area contributed by atoms with E-state index in [1.54, 1.807) is 7.11 Å². The average Bonchev–Trinajstić information content (AvgIpc) is 2.47. The molecule has 3 nitrogen and oxygen atoms in total. The van der Waals surface area contributed by atoms with Gasteiger partial charge >= 0.3 is 0 Å². The zero-order valence-corrected chi connectivity index (χ0v) is 13.7. The molecule has 2 aliphatic rings. The van der Waals surface area contributed by atoms with E-state index in [9.17, 15) is 0 Å². The van der Waals surface area contributed by atoms with Gasteiger partial charge in [-0.2, -0.15) is 0 Å². The fourth-order valence-electron chi connectivity index (χ4n) is 3.48. The van der Waals surface area contributed by atoms with Crippen LogP contribution in [0.3, 0.4) is 0 Å². The van der Waals surface area contributed by atoms with Crippen molar-refractivity contribution in [3.8, 4) is 5.75 Å². The molecule has 0 spiro atoms. The van der Waals surface area contributed by atoms with Crippen molar-refractivity contribution < 1.29 is 4.74 Å². The number of rotatable bonds is 3. The van der Waals surface area contributed by atoms with Gasteiger partial charge in [-0.3, -0.25) is 9.80 Å². The zero-order chi connectivity index (χ0) is 13.9. The van der Waals surface area contributed by atoms with Crippen LogP contribution >= 0.6 is 15.9 Å². The molecule has 0 radical (unpaired) electrons. The number of benzene rings is 1. The number of nitrogens with zero attached hydrogens (tertiary/aromatic N) is 2. The molecule has 2 saturated heterocycles. The van der Waals surface area contributed by atoms with E-state index >= 15 is 0 Å². The predicted octanol–water partition coefficient (Wildman–Crippen LogP) is 3.13. The molecule has 20 heavy (non-hydrogen) atoms. The minimum atomic E-state index is 0.774. The second-order valence-electron chi connectivity index (χ2n) is 5.88. The first kappa shape index (κ1) is 14.4. The van der Waals surface area contributed by atoms with Crippen molar-refractivity contribution in [2.24, 2.45) is 0 Å². The molecule has 1 aromatic rings. The number of methoxy groups -OCH3 is 1. The van der Waals surface area contributed by atoms with E-state index in [0.29, 0.717) is 0 Å². The van der Waals surface area contributed by atoms with Gasteiger partial charge in [0.05, 0.1) is 7.11 Å². The molecule has 2 heterocycles. The average molecular weight is 339 g/mol. The standard InChI is InChI=1S/C16H23BrN2O/c1-20-16-6-5-14(17)10-13(16)11-18-8-9-19-7-3-2-4-15(19)12-18/h5-6,10,15H,2-4,7-9,11-12H2,1H3. The number of ether oxygens (including phenoxy) is 1. The Morgan fingerprint density at radius 3 is 3.00 bits per heavy atom. The Kier molecular flexibility index (Phi) is 4.64. The molecule has 4 heteroatoms. The van der Waals surface area contributed by atoms with Gasteiger partial charge in [0.25, 0.3) is 0 Å². The van der Waals surface area contributed by atoms with Crippen LogP contribution < -0.4 is 4.74 Å². The summed E-state index contributed by atoms with van der Waals surface area (Å²) in [7, 11) is 1.76. The van der Waals surface area contributed by atoms with Gasteiger partial charge < -0.3 is 4.74 Å². The summed E-state index contributed by atoms with van der Waals surface area (Å²) in [6, 6.07) is 7.06. The minimum absolute atomic E-state index is 0.774. The summed E-state index contributed by atoms with van der Waals surface area (Å²) in [6.45, 7) is 5.90. The van der Waals surface area contributed by atoms with Crippen LogP contribution in [0.2, 0.25) is 0 Å². The SMILES string of the molecule is COc1ccc(Br)cc1CN1CCN2CCCCC2C1. The second-order valence-corrected chi connectivity index (χ2v) is 6.79. The third kappa shape index (κ3) is 3.18. The highest BCUT2D eigenvalue weighted by Crippen LogP contribution is 2.27. The molecule has 0 saturated carbocycles. The molecule has 0 bridgehead atoms.